The number of benzene rings is 3. The van der Waals surface area contributed by atoms with Gasteiger partial charge >= 0.3 is 0 Å². The third-order valence-electron chi connectivity index (χ3n) is 5.67. The summed E-state index contributed by atoms with van der Waals surface area (Å²) in [6, 6.07) is 23.1. The van der Waals surface area contributed by atoms with E-state index < -0.39 is 18.1 Å². The molecule has 2 saturated heterocycles. The fraction of sp³-hybridized carbons (Fsp3) is 0.167. The number of imide groups is 1. The van der Waals surface area contributed by atoms with Crippen molar-refractivity contribution in [3.63, 3.8) is 0 Å². The summed E-state index contributed by atoms with van der Waals surface area (Å²) in [5.74, 6) is -0.689. The molecule has 3 atom stereocenters. The molecule has 31 heavy (non-hydrogen) atoms. The maximum absolute atomic E-state index is 13.5. The number of carbonyl (C=O) groups is 2. The summed E-state index contributed by atoms with van der Waals surface area (Å²) in [6.07, 6.45) is -0.907. The van der Waals surface area contributed by atoms with Gasteiger partial charge in [0, 0.05) is 5.02 Å². The van der Waals surface area contributed by atoms with E-state index in [0.29, 0.717) is 16.5 Å². The predicted octanol–water partition coefficient (Wildman–Crippen LogP) is 4.40. The molecule has 2 fully saturated rings. The van der Waals surface area contributed by atoms with E-state index in [9.17, 15) is 9.59 Å². The van der Waals surface area contributed by atoms with Crippen molar-refractivity contribution in [2.75, 3.05) is 17.1 Å². The summed E-state index contributed by atoms with van der Waals surface area (Å²) in [5.41, 5.74) is 2.12. The summed E-state index contributed by atoms with van der Waals surface area (Å²) in [5, 5.41) is 2.25. The molecule has 0 N–H and O–H groups in total. The predicted molar refractivity (Wildman–Crippen MR) is 117 cm³/mol. The molecule has 0 aromatic heterocycles. The number of nitrogens with zero attached hydrogens (tertiary/aromatic N) is 2. The molecule has 0 saturated carbocycles. The highest BCUT2D eigenvalue weighted by Gasteiger charge is 2.60. The van der Waals surface area contributed by atoms with E-state index in [1.807, 2.05) is 42.5 Å². The number of hydrogen-bond acceptors (Lipinski definition) is 5. The van der Waals surface area contributed by atoms with E-state index in [1.54, 1.807) is 48.6 Å². The highest BCUT2D eigenvalue weighted by atomic mass is 35.5. The second-order valence-electron chi connectivity index (χ2n) is 7.42. The summed E-state index contributed by atoms with van der Waals surface area (Å²) in [7, 11) is 1.56. The minimum absolute atomic E-state index is 0.287. The number of methoxy groups -OCH3 is 1. The third-order valence-corrected chi connectivity index (χ3v) is 5.92. The van der Waals surface area contributed by atoms with Crippen LogP contribution in [-0.2, 0) is 14.4 Å². The van der Waals surface area contributed by atoms with E-state index in [0.717, 1.165) is 11.3 Å². The molecule has 3 aromatic carbocycles. The molecule has 6 nitrogen and oxygen atoms in total. The number of halogens is 1. The molecule has 2 amide bonds. The zero-order valence-corrected chi connectivity index (χ0v) is 17.4. The summed E-state index contributed by atoms with van der Waals surface area (Å²) in [4.78, 5) is 34.1. The van der Waals surface area contributed by atoms with E-state index >= 15 is 0 Å². The minimum atomic E-state index is -0.907. The van der Waals surface area contributed by atoms with Gasteiger partial charge in [-0.1, -0.05) is 41.9 Å². The molecule has 2 aliphatic heterocycles. The average Bonchev–Trinajstić information content (AvgIpc) is 3.31. The number of carbonyl (C=O) groups excluding carboxylic acids is 2. The molecule has 3 aromatic rings. The van der Waals surface area contributed by atoms with Gasteiger partial charge in [0.25, 0.3) is 5.91 Å². The van der Waals surface area contributed by atoms with E-state index in [-0.39, 0.29) is 11.8 Å². The van der Waals surface area contributed by atoms with Crippen molar-refractivity contribution in [3.05, 3.63) is 89.4 Å². The molecule has 156 valence electrons. The highest BCUT2D eigenvalue weighted by Crippen LogP contribution is 2.47. The van der Waals surface area contributed by atoms with Crippen molar-refractivity contribution in [1.82, 2.24) is 0 Å². The highest BCUT2D eigenvalue weighted by molar-refractivity contribution is 6.30. The van der Waals surface area contributed by atoms with Crippen molar-refractivity contribution < 1.29 is 19.2 Å². The first-order valence-electron chi connectivity index (χ1n) is 9.87. The Morgan fingerprint density at radius 3 is 2.13 bits per heavy atom. The van der Waals surface area contributed by atoms with Crippen LogP contribution < -0.4 is 14.7 Å². The largest absolute Gasteiger partial charge is 0.497 e. The van der Waals surface area contributed by atoms with Crippen LogP contribution in [0.2, 0.25) is 5.02 Å². The van der Waals surface area contributed by atoms with Crippen LogP contribution in [0.25, 0.3) is 0 Å². The maximum atomic E-state index is 13.5. The average molecular weight is 435 g/mol. The van der Waals surface area contributed by atoms with Crippen LogP contribution in [0.5, 0.6) is 5.75 Å². The lowest BCUT2D eigenvalue weighted by Crippen LogP contribution is -2.37. The van der Waals surface area contributed by atoms with E-state index in [2.05, 4.69) is 0 Å². The van der Waals surface area contributed by atoms with Crippen LogP contribution in [0.1, 0.15) is 11.6 Å². The fourth-order valence-corrected chi connectivity index (χ4v) is 4.33. The summed E-state index contributed by atoms with van der Waals surface area (Å²) < 4.78 is 5.18. The SMILES string of the molecule is COc1ccc(N2C(=O)[C@H]3[C@@H](c4ccccc4)N(c4ccc(Cl)cc4)O[C@H]3C2=O)cc1. The smallest absolute Gasteiger partial charge is 0.266 e. The molecule has 7 heteroatoms. The van der Waals surface area contributed by atoms with Gasteiger partial charge in [-0.15, -0.1) is 0 Å². The lowest BCUT2D eigenvalue weighted by atomic mass is 9.90. The number of rotatable bonds is 4. The fourth-order valence-electron chi connectivity index (χ4n) is 4.20. The summed E-state index contributed by atoms with van der Waals surface area (Å²) in [6.45, 7) is 0. The standard InChI is InChI=1S/C24H19ClN2O4/c1-30-19-13-11-17(12-14-19)26-23(28)20-21(15-5-3-2-4-6-15)27(31-22(20)24(26)29)18-9-7-16(25)8-10-18/h2-14,20-22H,1H3/t20-,21+,22+/m0/s1. The number of ether oxygens (including phenoxy) is 1. The molecule has 0 unspecified atom stereocenters. The normalized spacial score (nSPS) is 22.7. The Morgan fingerprint density at radius 2 is 1.48 bits per heavy atom. The molecule has 0 aliphatic carbocycles. The molecule has 0 radical (unpaired) electrons. The van der Waals surface area contributed by atoms with Crippen molar-refractivity contribution in [1.29, 1.82) is 0 Å². The Hall–Kier alpha value is -3.35. The number of amides is 2. The number of hydrogen-bond donors (Lipinski definition) is 0. The number of fused-ring (bicyclic) bond motifs is 1. The third kappa shape index (κ3) is 3.24. The van der Waals surface area contributed by atoms with Gasteiger partial charge in [-0.25, -0.2) is 9.96 Å². The Kier molecular flexibility index (Phi) is 4.88. The first-order valence-corrected chi connectivity index (χ1v) is 10.2. The van der Waals surface area contributed by atoms with Crippen molar-refractivity contribution in [3.8, 4) is 5.75 Å². The van der Waals surface area contributed by atoms with Crippen LogP contribution in [0.4, 0.5) is 11.4 Å². The zero-order valence-electron chi connectivity index (χ0n) is 16.6. The van der Waals surface area contributed by atoms with Gasteiger partial charge in [-0.05, 0) is 54.1 Å². The van der Waals surface area contributed by atoms with Crippen molar-refractivity contribution in [2.24, 2.45) is 5.92 Å². The second-order valence-corrected chi connectivity index (χ2v) is 7.86. The molecule has 2 aliphatic rings. The first-order chi connectivity index (χ1) is 15.1. The Bertz CT molecular complexity index is 1120. The van der Waals surface area contributed by atoms with Crippen molar-refractivity contribution in [2.45, 2.75) is 12.1 Å². The van der Waals surface area contributed by atoms with Crippen LogP contribution in [0.15, 0.2) is 78.9 Å². The van der Waals surface area contributed by atoms with Gasteiger partial charge in [0.05, 0.1) is 24.5 Å². The minimum Gasteiger partial charge on any atom is -0.497 e. The van der Waals surface area contributed by atoms with Gasteiger partial charge in [0.2, 0.25) is 5.91 Å². The lowest BCUT2D eigenvalue weighted by molar-refractivity contribution is -0.126. The van der Waals surface area contributed by atoms with Gasteiger partial charge in [-0.2, -0.15) is 0 Å². The maximum Gasteiger partial charge on any atom is 0.266 e. The molecule has 0 spiro atoms. The Balaban J connectivity index is 1.55. The van der Waals surface area contributed by atoms with Crippen molar-refractivity contribution >= 4 is 34.8 Å². The molecular weight excluding hydrogens is 416 g/mol. The van der Waals surface area contributed by atoms with Crippen LogP contribution in [-0.4, -0.2) is 25.0 Å². The lowest BCUT2D eigenvalue weighted by Gasteiger charge is -2.28. The monoisotopic (exact) mass is 434 g/mol. The quantitative estimate of drug-likeness (QED) is 0.570. The van der Waals surface area contributed by atoms with Crippen LogP contribution >= 0.6 is 11.6 Å². The number of hydroxylamine groups is 1. The van der Waals surface area contributed by atoms with Gasteiger partial charge in [0.1, 0.15) is 11.7 Å². The molecular formula is C24H19ClN2O4. The van der Waals surface area contributed by atoms with Crippen LogP contribution in [0.3, 0.4) is 0 Å². The second kappa shape index (κ2) is 7.72. The van der Waals surface area contributed by atoms with E-state index in [1.165, 1.54) is 4.90 Å². The van der Waals surface area contributed by atoms with Gasteiger partial charge in [-0.3, -0.25) is 14.4 Å². The molecule has 2 heterocycles. The van der Waals surface area contributed by atoms with Gasteiger partial charge < -0.3 is 4.74 Å². The topological polar surface area (TPSA) is 59.1 Å². The first kappa shape index (κ1) is 19.6. The molecule has 5 rings (SSSR count). The van der Waals surface area contributed by atoms with Gasteiger partial charge in [0.15, 0.2) is 6.10 Å². The Morgan fingerprint density at radius 1 is 0.839 bits per heavy atom. The summed E-state index contributed by atoms with van der Waals surface area (Å²) >= 11 is 6.04. The molecule has 0 bridgehead atoms. The zero-order chi connectivity index (χ0) is 21.5. The Labute approximate surface area is 184 Å². The van der Waals surface area contributed by atoms with Crippen LogP contribution in [0, 0.1) is 5.92 Å². The van der Waals surface area contributed by atoms with E-state index in [4.69, 9.17) is 21.2 Å². The number of anilines is 2.